The molecule has 0 saturated carbocycles. The van der Waals surface area contributed by atoms with E-state index >= 15 is 0 Å². The Balaban J connectivity index is 2.06. The van der Waals surface area contributed by atoms with Crippen LogP contribution in [0.25, 0.3) is 0 Å². The fraction of sp³-hybridized carbons (Fsp3) is 0.379. The van der Waals surface area contributed by atoms with Crippen LogP contribution in [-0.4, -0.2) is 15.9 Å². The first kappa shape index (κ1) is 24.2. The molecule has 0 fully saturated rings. The molecular formula is C29H39NZr. The van der Waals surface area contributed by atoms with E-state index in [4.69, 9.17) is 0 Å². The fourth-order valence-corrected chi connectivity index (χ4v) is 17.8. The van der Waals surface area contributed by atoms with Gasteiger partial charge in [0.25, 0.3) is 0 Å². The summed E-state index contributed by atoms with van der Waals surface area (Å²) in [5.74, 6) is 0. The molecule has 1 nitrogen and oxygen atoms in total. The van der Waals surface area contributed by atoms with Crippen molar-refractivity contribution in [3.8, 4) is 0 Å². The summed E-state index contributed by atoms with van der Waals surface area (Å²) in [4.78, 5) is 0. The van der Waals surface area contributed by atoms with E-state index in [1.165, 1.54) is 67.8 Å². The van der Waals surface area contributed by atoms with Crippen molar-refractivity contribution in [3.63, 3.8) is 0 Å². The monoisotopic (exact) mass is 491 g/mol. The van der Waals surface area contributed by atoms with Gasteiger partial charge in [0.2, 0.25) is 0 Å². The topological polar surface area (TPSA) is 3.24 Å². The van der Waals surface area contributed by atoms with Crippen LogP contribution in [0.15, 0.2) is 91.0 Å². The molecule has 0 amide bonds. The molecule has 0 saturated heterocycles. The quantitative estimate of drug-likeness (QED) is 0.238. The Morgan fingerprint density at radius 1 is 0.516 bits per heavy atom. The Bertz CT molecular complexity index is 738. The van der Waals surface area contributed by atoms with Crippen molar-refractivity contribution in [2.24, 2.45) is 0 Å². The third-order valence-corrected chi connectivity index (χ3v) is 18.6. The molecule has 0 unspecified atom stereocenters. The van der Waals surface area contributed by atoms with Gasteiger partial charge in [-0.1, -0.05) is 0 Å². The van der Waals surface area contributed by atoms with E-state index in [0.717, 1.165) is 0 Å². The number of benzene rings is 3. The second-order valence-electron chi connectivity index (χ2n) is 8.91. The zero-order chi connectivity index (χ0) is 21.8. The molecule has 0 aromatic heterocycles. The van der Waals surface area contributed by atoms with Gasteiger partial charge in [-0.25, -0.2) is 0 Å². The summed E-state index contributed by atoms with van der Waals surface area (Å²) in [5, 5.41) is 0. The molecule has 3 rings (SSSR count). The van der Waals surface area contributed by atoms with Crippen molar-refractivity contribution in [1.82, 2.24) is 2.84 Å². The van der Waals surface area contributed by atoms with Crippen molar-refractivity contribution >= 4 is 0 Å². The number of rotatable bonds is 13. The Kier molecular flexibility index (Phi) is 10.2. The van der Waals surface area contributed by atoms with E-state index in [1.807, 2.05) is 0 Å². The summed E-state index contributed by atoms with van der Waals surface area (Å²) < 4.78 is 6.90. The summed E-state index contributed by atoms with van der Waals surface area (Å²) in [7, 11) is 0. The molecular weight excluding hydrogens is 454 g/mol. The average Bonchev–Trinajstić information content (AvgIpc) is 2.81. The van der Waals surface area contributed by atoms with Gasteiger partial charge >= 0.3 is 196 Å². The van der Waals surface area contributed by atoms with Crippen molar-refractivity contribution in [2.45, 2.75) is 51.9 Å². The van der Waals surface area contributed by atoms with Gasteiger partial charge in [0.1, 0.15) is 0 Å². The van der Waals surface area contributed by atoms with Gasteiger partial charge < -0.3 is 0 Å². The van der Waals surface area contributed by atoms with Crippen molar-refractivity contribution < 1.29 is 20.6 Å². The minimum absolute atomic E-state index is 1.26. The molecule has 164 valence electrons. The molecule has 0 spiro atoms. The Morgan fingerprint density at radius 2 is 0.839 bits per heavy atom. The maximum absolute atomic E-state index is 3.05. The van der Waals surface area contributed by atoms with Gasteiger partial charge in [-0.2, -0.15) is 0 Å². The number of hydrogen-bond acceptors (Lipinski definition) is 1. The van der Waals surface area contributed by atoms with Gasteiger partial charge in [0, 0.05) is 0 Å². The molecule has 31 heavy (non-hydrogen) atoms. The van der Waals surface area contributed by atoms with Crippen LogP contribution < -0.4 is 0 Å². The first-order valence-corrected chi connectivity index (χ1v) is 18.4. The van der Waals surface area contributed by atoms with Gasteiger partial charge in [-0.05, 0) is 0 Å². The summed E-state index contributed by atoms with van der Waals surface area (Å²) in [6.07, 6.45) is 5.15. The molecule has 0 heterocycles. The predicted octanol–water partition coefficient (Wildman–Crippen LogP) is 7.56. The first-order valence-electron chi connectivity index (χ1n) is 12.1. The summed E-state index contributed by atoms with van der Waals surface area (Å²) >= 11 is -2.89. The second kappa shape index (κ2) is 13.1. The third-order valence-electron chi connectivity index (χ3n) is 6.36. The number of hydrogen-bond donors (Lipinski definition) is 0. The summed E-state index contributed by atoms with van der Waals surface area (Å²) in [6.45, 7) is 7.19. The summed E-state index contributed by atoms with van der Waals surface area (Å²) in [5.41, 5.74) is 4.59. The van der Waals surface area contributed by atoms with Crippen LogP contribution in [-0.2, 0) is 32.9 Å². The van der Waals surface area contributed by atoms with Crippen molar-refractivity contribution in [1.29, 1.82) is 0 Å². The van der Waals surface area contributed by atoms with Crippen LogP contribution in [0.4, 0.5) is 0 Å². The van der Waals surface area contributed by atoms with Gasteiger partial charge in [0.15, 0.2) is 0 Å². The van der Waals surface area contributed by atoms with Crippen LogP contribution in [0.3, 0.4) is 0 Å². The van der Waals surface area contributed by atoms with Crippen LogP contribution in [0, 0.1) is 0 Å². The molecule has 0 aliphatic carbocycles. The standard InChI is InChI=1S/C8H18N.3C7H7.Zr/c1-3-5-7-9-8-6-4-2;3*1-7-5-3-2-4-6-7;/h3-8H2,1-2H3;3*2-6H,1H2;/q-1;;;;+1. The SMILES string of the molecule is CCCC[N](CCCC)[Zr]([CH2]c1ccccc1)([CH2]c1ccccc1)[CH2]c1ccccc1. The Morgan fingerprint density at radius 3 is 1.13 bits per heavy atom. The van der Waals surface area contributed by atoms with Crippen LogP contribution in [0.2, 0.25) is 0 Å². The zero-order valence-corrected chi connectivity index (χ0v) is 21.9. The molecule has 0 aliphatic rings. The molecule has 3 aromatic rings. The van der Waals surface area contributed by atoms with Crippen molar-refractivity contribution in [3.05, 3.63) is 108 Å². The summed E-state index contributed by atoms with van der Waals surface area (Å²) in [6, 6.07) is 34.0. The Hall–Kier alpha value is -1.50. The van der Waals surface area contributed by atoms with Gasteiger partial charge in [0.05, 0.1) is 0 Å². The normalized spacial score (nSPS) is 11.7. The molecule has 0 N–H and O–H groups in total. The fourth-order valence-electron chi connectivity index (χ4n) is 4.73. The van der Waals surface area contributed by atoms with Gasteiger partial charge in [-0.15, -0.1) is 0 Å². The molecule has 3 aromatic carbocycles. The van der Waals surface area contributed by atoms with E-state index in [1.54, 1.807) is 0 Å². The van der Waals surface area contributed by atoms with Gasteiger partial charge in [-0.3, -0.25) is 0 Å². The molecule has 0 aliphatic heterocycles. The van der Waals surface area contributed by atoms with E-state index in [9.17, 15) is 0 Å². The zero-order valence-electron chi connectivity index (χ0n) is 19.5. The van der Waals surface area contributed by atoms with E-state index in [2.05, 4.69) is 108 Å². The van der Waals surface area contributed by atoms with E-state index in [0.29, 0.717) is 0 Å². The van der Waals surface area contributed by atoms with Crippen LogP contribution >= 0.6 is 0 Å². The predicted molar refractivity (Wildman–Crippen MR) is 132 cm³/mol. The van der Waals surface area contributed by atoms with E-state index < -0.39 is 20.6 Å². The first-order chi connectivity index (χ1) is 15.3. The van der Waals surface area contributed by atoms with E-state index in [-0.39, 0.29) is 0 Å². The average molecular weight is 493 g/mol. The van der Waals surface area contributed by atoms with Crippen molar-refractivity contribution in [2.75, 3.05) is 13.1 Å². The minimum atomic E-state index is -2.89. The molecule has 0 atom stereocenters. The maximum atomic E-state index is 3.05. The third kappa shape index (κ3) is 7.55. The molecule has 0 radical (unpaired) electrons. The number of nitrogens with zero attached hydrogens (tertiary/aromatic N) is 1. The molecule has 2 heteroatoms. The van der Waals surface area contributed by atoms with Crippen LogP contribution in [0.5, 0.6) is 0 Å². The Labute approximate surface area is 195 Å². The molecule has 0 bridgehead atoms. The number of unbranched alkanes of at least 4 members (excludes halogenated alkanes) is 2. The van der Waals surface area contributed by atoms with Crippen LogP contribution in [0.1, 0.15) is 56.2 Å². The second-order valence-corrected chi connectivity index (χ2v) is 19.1.